The second-order valence-corrected chi connectivity index (χ2v) is 2.32. The number of hydrogen-bond acceptors (Lipinski definition) is 2. The van der Waals surface area contributed by atoms with Crippen LogP contribution in [0.25, 0.3) is 0 Å². The highest BCUT2D eigenvalue weighted by Gasteiger charge is 1.94. The topological polar surface area (TPSA) is 34.9 Å². The van der Waals surface area contributed by atoms with Crippen LogP contribution in [-0.2, 0) is 6.00 Å². The van der Waals surface area contributed by atoms with Gasteiger partial charge in [-0.2, -0.15) is 4.98 Å². The van der Waals surface area contributed by atoms with Crippen LogP contribution < -0.4 is 5.69 Å². The third kappa shape index (κ3) is 1.49. The molecule has 54 valence electrons. The maximum absolute atomic E-state index is 10.7. The predicted octanol–water partition coefficient (Wildman–Crippen LogP) is 1.09. The van der Waals surface area contributed by atoms with Crippen LogP contribution in [0.1, 0.15) is 0 Å². The van der Waals surface area contributed by atoms with Gasteiger partial charge in [-0.3, -0.25) is 4.57 Å². The molecule has 10 heavy (non-hydrogen) atoms. The van der Waals surface area contributed by atoms with Crippen molar-refractivity contribution in [2.45, 2.75) is 6.00 Å². The molecule has 1 aromatic heterocycles. The fraction of sp³-hybridized carbons (Fsp3) is 0.200. The minimum absolute atomic E-state index is 0.0758. The highest BCUT2D eigenvalue weighted by Crippen LogP contribution is 2.01. The van der Waals surface area contributed by atoms with Crippen LogP contribution >= 0.6 is 23.2 Å². The molecule has 0 saturated carbocycles. The van der Waals surface area contributed by atoms with Gasteiger partial charge in [-0.1, -0.05) is 11.6 Å². The summed E-state index contributed by atoms with van der Waals surface area (Å²) in [5.74, 6) is 0. The summed E-state index contributed by atoms with van der Waals surface area (Å²) in [5, 5.41) is 0.403. The zero-order chi connectivity index (χ0) is 7.56. The maximum Gasteiger partial charge on any atom is 0.348 e. The SMILES string of the molecule is O=c1ncc(Cl)cn1CCl. The number of aromatic nitrogens is 2. The van der Waals surface area contributed by atoms with Crippen molar-refractivity contribution in [2.24, 2.45) is 0 Å². The molecular weight excluding hydrogens is 175 g/mol. The lowest BCUT2D eigenvalue weighted by Gasteiger charge is -1.96. The average Bonchev–Trinajstić information content (AvgIpc) is 1.94. The summed E-state index contributed by atoms with van der Waals surface area (Å²) in [6, 6.07) is 0.0758. The molecule has 3 nitrogen and oxygen atoms in total. The van der Waals surface area contributed by atoms with Crippen molar-refractivity contribution < 1.29 is 0 Å². The van der Waals surface area contributed by atoms with E-state index in [0.717, 1.165) is 0 Å². The molecule has 0 unspecified atom stereocenters. The van der Waals surface area contributed by atoms with Gasteiger partial charge in [-0.05, 0) is 0 Å². The van der Waals surface area contributed by atoms with Crippen molar-refractivity contribution in [3.63, 3.8) is 0 Å². The first kappa shape index (κ1) is 7.57. The van der Waals surface area contributed by atoms with Crippen LogP contribution in [-0.4, -0.2) is 9.55 Å². The van der Waals surface area contributed by atoms with Gasteiger partial charge in [-0.15, -0.1) is 11.6 Å². The van der Waals surface area contributed by atoms with E-state index in [-0.39, 0.29) is 11.7 Å². The van der Waals surface area contributed by atoms with Gasteiger partial charge in [0.25, 0.3) is 0 Å². The average molecular weight is 179 g/mol. The largest absolute Gasteiger partial charge is 0.348 e. The van der Waals surface area contributed by atoms with Crippen molar-refractivity contribution >= 4 is 23.2 Å². The molecule has 0 atom stereocenters. The van der Waals surface area contributed by atoms with Crippen molar-refractivity contribution in [1.29, 1.82) is 0 Å². The van der Waals surface area contributed by atoms with Gasteiger partial charge in [0.15, 0.2) is 0 Å². The Balaban J connectivity index is 3.22. The Morgan fingerprint density at radius 3 is 2.90 bits per heavy atom. The van der Waals surface area contributed by atoms with E-state index in [1.165, 1.54) is 17.0 Å². The van der Waals surface area contributed by atoms with E-state index in [4.69, 9.17) is 23.2 Å². The number of alkyl halides is 1. The zero-order valence-corrected chi connectivity index (χ0v) is 6.43. The Bertz CT molecular complexity index is 283. The smallest absolute Gasteiger partial charge is 0.283 e. The summed E-state index contributed by atoms with van der Waals surface area (Å²) in [5.41, 5.74) is -0.389. The lowest BCUT2D eigenvalue weighted by atomic mass is 10.6. The molecule has 0 fully saturated rings. The van der Waals surface area contributed by atoms with E-state index >= 15 is 0 Å². The molecule has 1 aromatic rings. The first-order valence-corrected chi connectivity index (χ1v) is 3.43. The Kier molecular flexibility index (Phi) is 2.29. The predicted molar refractivity (Wildman–Crippen MR) is 39.4 cm³/mol. The number of nitrogens with zero attached hydrogens (tertiary/aromatic N) is 2. The van der Waals surface area contributed by atoms with Crippen LogP contribution in [0, 0.1) is 0 Å². The van der Waals surface area contributed by atoms with E-state index in [1.807, 2.05) is 0 Å². The summed E-state index contributed by atoms with van der Waals surface area (Å²) in [6.45, 7) is 0. The van der Waals surface area contributed by atoms with Gasteiger partial charge in [0.1, 0.15) is 6.00 Å². The van der Waals surface area contributed by atoms with Gasteiger partial charge in [-0.25, -0.2) is 4.79 Å². The van der Waals surface area contributed by atoms with Crippen LogP contribution in [0.4, 0.5) is 0 Å². The minimum atomic E-state index is -0.389. The second-order valence-electron chi connectivity index (χ2n) is 1.64. The molecule has 0 aliphatic rings. The van der Waals surface area contributed by atoms with E-state index in [0.29, 0.717) is 5.02 Å². The summed E-state index contributed by atoms with van der Waals surface area (Å²) >= 11 is 10.9. The Hall–Kier alpha value is -0.540. The van der Waals surface area contributed by atoms with Gasteiger partial charge in [0, 0.05) is 6.20 Å². The summed E-state index contributed by atoms with van der Waals surface area (Å²) in [7, 11) is 0. The molecule has 0 radical (unpaired) electrons. The van der Waals surface area contributed by atoms with E-state index in [2.05, 4.69) is 4.98 Å². The quantitative estimate of drug-likeness (QED) is 0.604. The molecule has 5 heteroatoms. The van der Waals surface area contributed by atoms with Crippen molar-refractivity contribution in [2.75, 3.05) is 0 Å². The number of halogens is 2. The van der Waals surface area contributed by atoms with Gasteiger partial charge in [0.05, 0.1) is 11.2 Å². The highest BCUT2D eigenvalue weighted by atomic mass is 35.5. The highest BCUT2D eigenvalue weighted by molar-refractivity contribution is 6.30. The number of rotatable bonds is 1. The van der Waals surface area contributed by atoms with E-state index in [9.17, 15) is 4.79 Å². The van der Waals surface area contributed by atoms with Crippen molar-refractivity contribution in [1.82, 2.24) is 9.55 Å². The Morgan fingerprint density at radius 1 is 1.70 bits per heavy atom. The van der Waals surface area contributed by atoms with E-state index in [1.54, 1.807) is 0 Å². The zero-order valence-electron chi connectivity index (χ0n) is 4.92. The summed E-state index contributed by atoms with van der Waals surface area (Å²) in [4.78, 5) is 14.2. The van der Waals surface area contributed by atoms with Crippen LogP contribution in [0.15, 0.2) is 17.2 Å². The second kappa shape index (κ2) is 3.03. The van der Waals surface area contributed by atoms with Gasteiger partial charge >= 0.3 is 5.69 Å². The molecule has 0 amide bonds. The Labute approximate surface area is 67.2 Å². The summed E-state index contributed by atoms with van der Waals surface area (Å²) in [6.07, 6.45) is 2.72. The first-order chi connectivity index (χ1) is 4.74. The van der Waals surface area contributed by atoms with Crippen LogP contribution in [0.2, 0.25) is 5.02 Å². The molecule has 0 bridgehead atoms. The molecular formula is C5H4Cl2N2O. The first-order valence-electron chi connectivity index (χ1n) is 2.52. The fourth-order valence-corrected chi connectivity index (χ4v) is 0.852. The molecule has 0 aliphatic heterocycles. The maximum atomic E-state index is 10.7. The summed E-state index contributed by atoms with van der Waals surface area (Å²) < 4.78 is 1.21. The molecule has 0 spiro atoms. The molecule has 0 N–H and O–H groups in total. The van der Waals surface area contributed by atoms with Crippen LogP contribution in [0.3, 0.4) is 0 Å². The molecule has 1 rings (SSSR count). The van der Waals surface area contributed by atoms with E-state index < -0.39 is 0 Å². The normalized spacial score (nSPS) is 9.80. The van der Waals surface area contributed by atoms with Crippen molar-refractivity contribution in [3.8, 4) is 0 Å². The lowest BCUT2D eigenvalue weighted by molar-refractivity contribution is 0.787. The monoisotopic (exact) mass is 178 g/mol. The third-order valence-electron chi connectivity index (χ3n) is 0.952. The molecule has 0 aliphatic carbocycles. The third-order valence-corrected chi connectivity index (χ3v) is 1.40. The van der Waals surface area contributed by atoms with Gasteiger partial charge in [0.2, 0.25) is 0 Å². The van der Waals surface area contributed by atoms with Crippen molar-refractivity contribution in [3.05, 3.63) is 27.9 Å². The van der Waals surface area contributed by atoms with Crippen LogP contribution in [0.5, 0.6) is 0 Å². The standard InChI is InChI=1S/C5H4Cl2N2O/c6-3-9-2-4(7)1-8-5(9)10/h1-2H,3H2. The molecule has 0 aromatic carbocycles. The minimum Gasteiger partial charge on any atom is -0.283 e. The number of hydrogen-bond donors (Lipinski definition) is 0. The lowest BCUT2D eigenvalue weighted by Crippen LogP contribution is -2.19. The Morgan fingerprint density at radius 2 is 2.40 bits per heavy atom. The fourth-order valence-electron chi connectivity index (χ4n) is 0.514. The molecule has 1 heterocycles. The van der Waals surface area contributed by atoms with Gasteiger partial charge < -0.3 is 0 Å². The molecule has 0 saturated heterocycles.